The molecule has 1 aromatic carbocycles. The van der Waals surface area contributed by atoms with Gasteiger partial charge in [-0.05, 0) is 12.1 Å². The van der Waals surface area contributed by atoms with Gasteiger partial charge in [0.1, 0.15) is 5.75 Å². The predicted octanol–water partition coefficient (Wildman–Crippen LogP) is 1.37. The molecule has 0 saturated heterocycles. The number of hydrogen-bond donors (Lipinski definition) is 1. The molecular weight excluding hydrogens is 346 g/mol. The van der Waals surface area contributed by atoms with E-state index in [-0.39, 0.29) is 23.2 Å². The van der Waals surface area contributed by atoms with Crippen molar-refractivity contribution in [3.63, 3.8) is 0 Å². The Labute approximate surface area is 154 Å². The van der Waals surface area contributed by atoms with E-state index in [1.807, 2.05) is 18.2 Å². The molecule has 0 saturated carbocycles. The summed E-state index contributed by atoms with van der Waals surface area (Å²) in [6.45, 7) is 0.705. The van der Waals surface area contributed by atoms with Gasteiger partial charge >= 0.3 is 0 Å². The molecule has 0 unspecified atom stereocenters. The molecule has 0 fully saturated rings. The summed E-state index contributed by atoms with van der Waals surface area (Å²) in [4.78, 5) is 35.3. The number of pyridine rings is 1. The molecule has 8 nitrogen and oxygen atoms in total. The number of fused-ring (bicyclic) bond motifs is 1. The maximum Gasteiger partial charge on any atom is 0.259 e. The highest BCUT2D eigenvalue weighted by molar-refractivity contribution is 5.97. The molecule has 2 N–H and O–H groups in total. The highest BCUT2D eigenvalue weighted by atomic mass is 16.5. The smallest absolute Gasteiger partial charge is 0.259 e. The van der Waals surface area contributed by atoms with Crippen LogP contribution in [-0.4, -0.2) is 32.5 Å². The van der Waals surface area contributed by atoms with Crippen LogP contribution < -0.4 is 16.0 Å². The molecule has 3 heterocycles. The third-order valence-electron chi connectivity index (χ3n) is 4.46. The third kappa shape index (κ3) is 3.01. The van der Waals surface area contributed by atoms with Crippen LogP contribution in [0.1, 0.15) is 21.6 Å². The van der Waals surface area contributed by atoms with Crippen molar-refractivity contribution in [1.29, 1.82) is 0 Å². The molecule has 2 aromatic heterocycles. The average Bonchev–Trinajstić information content (AvgIpc) is 3.11. The lowest BCUT2D eigenvalue weighted by atomic mass is 10.2. The first kappa shape index (κ1) is 16.8. The van der Waals surface area contributed by atoms with Crippen molar-refractivity contribution in [3.8, 4) is 11.4 Å². The van der Waals surface area contributed by atoms with E-state index in [0.29, 0.717) is 24.3 Å². The van der Waals surface area contributed by atoms with E-state index in [1.165, 1.54) is 23.9 Å². The molecule has 0 atom stereocenters. The summed E-state index contributed by atoms with van der Waals surface area (Å²) in [6.07, 6.45) is 3.15. The van der Waals surface area contributed by atoms with Crippen molar-refractivity contribution in [3.05, 3.63) is 76.0 Å². The molecule has 1 aliphatic rings. The fourth-order valence-corrected chi connectivity index (χ4v) is 3.12. The first-order chi connectivity index (χ1) is 13.1. The van der Waals surface area contributed by atoms with Crippen LogP contribution in [0.4, 0.5) is 5.95 Å². The minimum atomic E-state index is -0.280. The lowest BCUT2D eigenvalue weighted by Gasteiger charge is -2.18. The van der Waals surface area contributed by atoms with Crippen molar-refractivity contribution in [2.24, 2.45) is 0 Å². The van der Waals surface area contributed by atoms with Crippen LogP contribution in [0.5, 0.6) is 5.75 Å². The number of ether oxygens (including phenoxy) is 1. The van der Waals surface area contributed by atoms with Gasteiger partial charge < -0.3 is 15.4 Å². The van der Waals surface area contributed by atoms with E-state index in [1.54, 1.807) is 23.2 Å². The number of carbonyl (C=O) groups is 1. The van der Waals surface area contributed by atoms with Crippen LogP contribution in [0.15, 0.2) is 53.6 Å². The van der Waals surface area contributed by atoms with E-state index in [4.69, 9.17) is 10.5 Å². The number of para-hydroxylation sites is 1. The molecule has 0 aliphatic carbocycles. The number of methoxy groups -OCH3 is 1. The second kappa shape index (κ2) is 6.56. The number of anilines is 1. The van der Waals surface area contributed by atoms with Crippen molar-refractivity contribution >= 4 is 11.9 Å². The first-order valence-corrected chi connectivity index (χ1v) is 8.32. The molecule has 0 bridgehead atoms. The van der Waals surface area contributed by atoms with Gasteiger partial charge in [0.05, 0.1) is 24.9 Å². The van der Waals surface area contributed by atoms with E-state index < -0.39 is 0 Å². The highest BCUT2D eigenvalue weighted by Crippen LogP contribution is 2.26. The van der Waals surface area contributed by atoms with Gasteiger partial charge in [-0.3, -0.25) is 14.2 Å². The number of aromatic nitrogens is 3. The van der Waals surface area contributed by atoms with Gasteiger partial charge in [0, 0.05) is 36.3 Å². The molecule has 0 spiro atoms. The zero-order valence-corrected chi connectivity index (χ0v) is 14.6. The van der Waals surface area contributed by atoms with Crippen molar-refractivity contribution in [2.75, 3.05) is 12.8 Å². The molecule has 3 aromatic rings. The molecule has 136 valence electrons. The molecule has 0 radical (unpaired) electrons. The van der Waals surface area contributed by atoms with Gasteiger partial charge in [-0.1, -0.05) is 18.2 Å². The summed E-state index contributed by atoms with van der Waals surface area (Å²) in [7, 11) is 1.43. The third-order valence-corrected chi connectivity index (χ3v) is 4.46. The zero-order chi connectivity index (χ0) is 19.0. The zero-order valence-electron chi connectivity index (χ0n) is 14.6. The minimum Gasteiger partial charge on any atom is -0.496 e. The van der Waals surface area contributed by atoms with Gasteiger partial charge in [-0.25, -0.2) is 9.97 Å². The number of nitrogens with zero attached hydrogens (tertiary/aromatic N) is 4. The Morgan fingerprint density at radius 1 is 1.22 bits per heavy atom. The second-order valence-corrected chi connectivity index (χ2v) is 6.16. The number of hydrogen-bond acceptors (Lipinski definition) is 6. The van der Waals surface area contributed by atoms with Crippen LogP contribution in [0, 0.1) is 0 Å². The maximum atomic E-state index is 13.1. The lowest BCUT2D eigenvalue weighted by Crippen LogP contribution is -2.28. The van der Waals surface area contributed by atoms with E-state index >= 15 is 0 Å². The van der Waals surface area contributed by atoms with Gasteiger partial charge in [0.2, 0.25) is 5.95 Å². The molecular formula is C19H17N5O3. The number of benzene rings is 1. The highest BCUT2D eigenvalue weighted by Gasteiger charge is 2.28. The number of nitrogens with two attached hydrogens (primary N) is 1. The fraction of sp³-hybridized carbons (Fsp3) is 0.158. The summed E-state index contributed by atoms with van der Waals surface area (Å²) < 4.78 is 6.71. The van der Waals surface area contributed by atoms with Crippen molar-refractivity contribution in [2.45, 2.75) is 13.1 Å². The van der Waals surface area contributed by atoms with Crippen LogP contribution >= 0.6 is 0 Å². The normalized spacial score (nSPS) is 12.7. The summed E-state index contributed by atoms with van der Waals surface area (Å²) in [5, 5.41) is 0. The SMILES string of the molecule is COc1cc(=O)n(-c2ccccc2)cc1C(=O)N1Cc2cnc(N)nc2C1. The first-order valence-electron chi connectivity index (χ1n) is 8.32. The topological polar surface area (TPSA) is 103 Å². The lowest BCUT2D eigenvalue weighted by molar-refractivity contribution is 0.0746. The van der Waals surface area contributed by atoms with E-state index in [0.717, 1.165) is 11.3 Å². The van der Waals surface area contributed by atoms with E-state index in [9.17, 15) is 9.59 Å². The largest absolute Gasteiger partial charge is 0.496 e. The van der Waals surface area contributed by atoms with Gasteiger partial charge in [-0.15, -0.1) is 0 Å². The van der Waals surface area contributed by atoms with Crippen LogP contribution in [0.25, 0.3) is 5.69 Å². The average molecular weight is 363 g/mol. The minimum absolute atomic E-state index is 0.179. The Balaban J connectivity index is 1.73. The number of nitrogen functional groups attached to an aromatic ring is 1. The second-order valence-electron chi connectivity index (χ2n) is 6.16. The van der Waals surface area contributed by atoms with Crippen LogP contribution in [0.3, 0.4) is 0 Å². The van der Waals surface area contributed by atoms with Crippen molar-refractivity contribution in [1.82, 2.24) is 19.4 Å². The van der Waals surface area contributed by atoms with Gasteiger partial charge in [-0.2, -0.15) is 0 Å². The van der Waals surface area contributed by atoms with Gasteiger partial charge in [0.15, 0.2) is 0 Å². The Morgan fingerprint density at radius 2 is 2.00 bits per heavy atom. The summed E-state index contributed by atoms with van der Waals surface area (Å²) in [6, 6.07) is 10.4. The van der Waals surface area contributed by atoms with E-state index in [2.05, 4.69) is 9.97 Å². The van der Waals surface area contributed by atoms with Crippen LogP contribution in [0.2, 0.25) is 0 Å². The molecule has 8 heteroatoms. The standard InChI is InChI=1S/C19H17N5O3/c1-27-16-7-17(25)24(13-5-3-2-4-6-13)10-14(16)18(26)23-9-12-8-21-19(20)22-15(12)11-23/h2-8,10H,9,11H2,1H3,(H2,20,21,22). The number of rotatable bonds is 3. The predicted molar refractivity (Wildman–Crippen MR) is 98.6 cm³/mol. The number of carbonyl (C=O) groups excluding carboxylic acids is 1. The molecule has 1 amide bonds. The number of amides is 1. The molecule has 27 heavy (non-hydrogen) atoms. The summed E-state index contributed by atoms with van der Waals surface area (Å²) in [5.74, 6) is 0.157. The Hall–Kier alpha value is -3.68. The van der Waals surface area contributed by atoms with Crippen molar-refractivity contribution < 1.29 is 9.53 Å². The van der Waals surface area contributed by atoms with Gasteiger partial charge in [0.25, 0.3) is 11.5 Å². The Kier molecular flexibility index (Phi) is 4.08. The summed E-state index contributed by atoms with van der Waals surface area (Å²) in [5.41, 5.74) is 7.90. The maximum absolute atomic E-state index is 13.1. The molecule has 1 aliphatic heterocycles. The monoisotopic (exact) mass is 363 g/mol. The summed E-state index contributed by atoms with van der Waals surface area (Å²) >= 11 is 0. The van der Waals surface area contributed by atoms with Crippen LogP contribution in [-0.2, 0) is 13.1 Å². The Morgan fingerprint density at radius 3 is 2.74 bits per heavy atom. The quantitative estimate of drug-likeness (QED) is 0.754. The fourth-order valence-electron chi connectivity index (χ4n) is 3.12. The Bertz CT molecular complexity index is 1080. The molecule has 4 rings (SSSR count).